The average Bonchev–Trinajstić information content (AvgIpc) is 3.27. The van der Waals surface area contributed by atoms with E-state index in [0.717, 1.165) is 24.7 Å². The van der Waals surface area contributed by atoms with E-state index in [4.69, 9.17) is 0 Å². The second kappa shape index (κ2) is 5.68. The van der Waals surface area contributed by atoms with Crippen LogP contribution in [-0.4, -0.2) is 57.3 Å². The molecule has 6 heteroatoms. The Morgan fingerprint density at radius 1 is 1.05 bits per heavy atom. The predicted molar refractivity (Wildman–Crippen MR) is 85.3 cm³/mol. The highest BCUT2D eigenvalue weighted by atomic mass is 15.6. The van der Waals surface area contributed by atoms with Gasteiger partial charge in [0, 0.05) is 19.1 Å². The van der Waals surface area contributed by atoms with Gasteiger partial charge in [0.05, 0.1) is 5.69 Å². The number of hydrogen-bond acceptors (Lipinski definition) is 5. The van der Waals surface area contributed by atoms with E-state index < -0.39 is 0 Å². The maximum absolute atomic E-state index is 4.27. The van der Waals surface area contributed by atoms with Crippen molar-refractivity contribution in [1.82, 2.24) is 25.1 Å². The number of anilines is 1. The number of benzene rings is 1. The Kier molecular flexibility index (Phi) is 3.54. The zero-order valence-corrected chi connectivity index (χ0v) is 13.0. The van der Waals surface area contributed by atoms with Crippen LogP contribution in [0.1, 0.15) is 24.8 Å². The fourth-order valence-electron chi connectivity index (χ4n) is 3.56. The first-order chi connectivity index (χ1) is 10.8. The van der Waals surface area contributed by atoms with Crippen LogP contribution in [0, 0.1) is 6.92 Å². The molecule has 0 spiro atoms. The van der Waals surface area contributed by atoms with Crippen molar-refractivity contribution < 1.29 is 0 Å². The summed E-state index contributed by atoms with van der Waals surface area (Å²) in [5.41, 5.74) is 2.27. The number of hydrogen-bond donors (Lipinski definition) is 0. The lowest BCUT2D eigenvalue weighted by atomic mass is 10.2. The predicted octanol–water partition coefficient (Wildman–Crippen LogP) is 1.65. The first-order valence-electron chi connectivity index (χ1n) is 8.16. The van der Waals surface area contributed by atoms with Crippen molar-refractivity contribution in [3.63, 3.8) is 0 Å². The number of aromatic nitrogens is 4. The van der Waals surface area contributed by atoms with Gasteiger partial charge in [0.25, 0.3) is 0 Å². The molecule has 2 aliphatic heterocycles. The van der Waals surface area contributed by atoms with Gasteiger partial charge in [-0.1, -0.05) is 22.8 Å². The molecule has 3 heterocycles. The molecule has 0 saturated carbocycles. The molecule has 116 valence electrons. The molecule has 22 heavy (non-hydrogen) atoms. The topological polar surface area (TPSA) is 50.1 Å². The first-order valence-corrected chi connectivity index (χ1v) is 8.16. The average molecular weight is 298 g/mol. The minimum Gasteiger partial charge on any atom is -0.338 e. The molecule has 0 aliphatic carbocycles. The first kappa shape index (κ1) is 13.7. The summed E-state index contributed by atoms with van der Waals surface area (Å²) >= 11 is 0. The summed E-state index contributed by atoms with van der Waals surface area (Å²) < 4.78 is 1.85. The molecule has 4 rings (SSSR count). The third kappa shape index (κ3) is 2.47. The Morgan fingerprint density at radius 2 is 1.82 bits per heavy atom. The zero-order valence-electron chi connectivity index (χ0n) is 13.0. The largest absolute Gasteiger partial charge is 0.338 e. The van der Waals surface area contributed by atoms with Crippen LogP contribution in [0.25, 0.3) is 5.69 Å². The molecule has 2 aliphatic rings. The minimum absolute atomic E-state index is 0.658. The van der Waals surface area contributed by atoms with Gasteiger partial charge in [0.15, 0.2) is 0 Å². The highest BCUT2D eigenvalue weighted by Gasteiger charge is 2.31. The lowest BCUT2D eigenvalue weighted by Crippen LogP contribution is -2.35. The summed E-state index contributed by atoms with van der Waals surface area (Å²) in [6.07, 6.45) is 3.90. The smallest absolute Gasteiger partial charge is 0.250 e. The van der Waals surface area contributed by atoms with Gasteiger partial charge in [-0.05, 0) is 61.8 Å². The van der Waals surface area contributed by atoms with Crippen LogP contribution in [-0.2, 0) is 0 Å². The zero-order chi connectivity index (χ0) is 14.9. The van der Waals surface area contributed by atoms with Gasteiger partial charge in [-0.3, -0.25) is 4.90 Å². The molecule has 1 aromatic carbocycles. The third-order valence-electron chi connectivity index (χ3n) is 4.83. The van der Waals surface area contributed by atoms with Gasteiger partial charge in [0.1, 0.15) is 0 Å². The molecule has 1 atom stereocenters. The van der Waals surface area contributed by atoms with Crippen molar-refractivity contribution in [3.05, 3.63) is 29.8 Å². The fraction of sp³-hybridized carbons (Fsp3) is 0.562. The molecule has 2 aromatic rings. The number of aryl methyl sites for hydroxylation is 1. The molecule has 0 amide bonds. The number of likely N-dealkylation sites (tertiary alicyclic amines) is 1. The van der Waals surface area contributed by atoms with Crippen LogP contribution in [0.4, 0.5) is 5.95 Å². The minimum atomic E-state index is 0.658. The van der Waals surface area contributed by atoms with Crippen LogP contribution in [0.15, 0.2) is 24.3 Å². The summed E-state index contributed by atoms with van der Waals surface area (Å²) in [5.74, 6) is 0.866. The highest BCUT2D eigenvalue weighted by molar-refractivity contribution is 5.42. The maximum Gasteiger partial charge on any atom is 0.250 e. The van der Waals surface area contributed by atoms with Crippen molar-refractivity contribution in [1.29, 1.82) is 0 Å². The van der Waals surface area contributed by atoms with Gasteiger partial charge < -0.3 is 4.90 Å². The van der Waals surface area contributed by atoms with Gasteiger partial charge in [-0.25, -0.2) is 0 Å². The molecule has 2 fully saturated rings. The molecular formula is C16H22N6. The number of nitrogens with zero attached hydrogens (tertiary/aromatic N) is 6. The standard InChI is InChI=1S/C16H22N6/c1-13-4-6-14(7-5-13)22-16(17-18-19-22)21-11-8-15(12-21)20-9-2-3-10-20/h4-7,15H,2-3,8-12H2,1H3/t15-/m1/s1. The second-order valence-electron chi connectivity index (χ2n) is 6.36. The molecule has 2 saturated heterocycles. The quantitative estimate of drug-likeness (QED) is 0.862. The third-order valence-corrected chi connectivity index (χ3v) is 4.83. The molecular weight excluding hydrogens is 276 g/mol. The van der Waals surface area contributed by atoms with Crippen LogP contribution >= 0.6 is 0 Å². The molecule has 0 N–H and O–H groups in total. The van der Waals surface area contributed by atoms with Crippen LogP contribution in [0.2, 0.25) is 0 Å². The summed E-state index contributed by atoms with van der Waals surface area (Å²) in [6, 6.07) is 8.99. The van der Waals surface area contributed by atoms with E-state index in [-0.39, 0.29) is 0 Å². The van der Waals surface area contributed by atoms with E-state index >= 15 is 0 Å². The van der Waals surface area contributed by atoms with E-state index in [1.165, 1.54) is 37.9 Å². The van der Waals surface area contributed by atoms with Gasteiger partial charge in [-0.2, -0.15) is 4.68 Å². The number of rotatable bonds is 3. The van der Waals surface area contributed by atoms with Crippen molar-refractivity contribution in [2.75, 3.05) is 31.1 Å². The Bertz CT molecular complexity index is 628. The maximum atomic E-state index is 4.27. The van der Waals surface area contributed by atoms with Gasteiger partial charge in [-0.15, -0.1) is 0 Å². The molecule has 0 unspecified atom stereocenters. The fourth-order valence-corrected chi connectivity index (χ4v) is 3.56. The SMILES string of the molecule is Cc1ccc(-n2nnnc2N2CC[C@@H](N3CCCC3)C2)cc1. The van der Waals surface area contributed by atoms with E-state index in [1.807, 2.05) is 4.68 Å². The molecule has 0 bridgehead atoms. The lowest BCUT2D eigenvalue weighted by molar-refractivity contribution is 0.260. The van der Waals surface area contributed by atoms with Crippen molar-refractivity contribution in [3.8, 4) is 5.69 Å². The highest BCUT2D eigenvalue weighted by Crippen LogP contribution is 2.25. The summed E-state index contributed by atoms with van der Waals surface area (Å²) in [4.78, 5) is 4.95. The Morgan fingerprint density at radius 3 is 2.59 bits per heavy atom. The Labute approximate surface area is 130 Å². The van der Waals surface area contributed by atoms with Gasteiger partial charge in [0.2, 0.25) is 5.95 Å². The van der Waals surface area contributed by atoms with E-state index in [1.54, 1.807) is 0 Å². The normalized spacial score (nSPS) is 22.6. The Balaban J connectivity index is 1.54. The van der Waals surface area contributed by atoms with E-state index in [9.17, 15) is 0 Å². The Hall–Kier alpha value is -1.95. The van der Waals surface area contributed by atoms with Crippen molar-refractivity contribution in [2.24, 2.45) is 0 Å². The molecule has 0 radical (unpaired) electrons. The number of tetrazole rings is 1. The summed E-state index contributed by atoms with van der Waals surface area (Å²) in [6.45, 7) is 6.66. The monoisotopic (exact) mass is 298 g/mol. The lowest BCUT2D eigenvalue weighted by Gasteiger charge is -2.23. The van der Waals surface area contributed by atoms with Crippen molar-refractivity contribution >= 4 is 5.95 Å². The van der Waals surface area contributed by atoms with Crippen LogP contribution in [0.5, 0.6) is 0 Å². The van der Waals surface area contributed by atoms with Crippen molar-refractivity contribution in [2.45, 2.75) is 32.2 Å². The molecule has 6 nitrogen and oxygen atoms in total. The second-order valence-corrected chi connectivity index (χ2v) is 6.36. The van der Waals surface area contributed by atoms with Crippen LogP contribution in [0.3, 0.4) is 0 Å². The summed E-state index contributed by atoms with van der Waals surface area (Å²) in [5, 5.41) is 12.3. The van der Waals surface area contributed by atoms with Gasteiger partial charge >= 0.3 is 0 Å². The summed E-state index contributed by atoms with van der Waals surface area (Å²) in [7, 11) is 0. The van der Waals surface area contributed by atoms with E-state index in [2.05, 4.69) is 56.5 Å². The van der Waals surface area contributed by atoms with E-state index in [0.29, 0.717) is 6.04 Å². The van der Waals surface area contributed by atoms with Crippen LogP contribution < -0.4 is 4.90 Å². The molecule has 1 aromatic heterocycles.